The van der Waals surface area contributed by atoms with Gasteiger partial charge in [0.05, 0.1) is 19.9 Å². The van der Waals surface area contributed by atoms with Crippen molar-refractivity contribution in [1.82, 2.24) is 15.1 Å². The van der Waals surface area contributed by atoms with Crippen molar-refractivity contribution in [2.45, 2.75) is 19.5 Å². The van der Waals surface area contributed by atoms with Crippen LogP contribution in [-0.4, -0.2) is 37.2 Å². The lowest BCUT2D eigenvalue weighted by Gasteiger charge is -2.04. The van der Waals surface area contributed by atoms with Gasteiger partial charge >= 0.3 is 0 Å². The lowest BCUT2D eigenvalue weighted by atomic mass is 10.1. The molecule has 1 N–H and O–H groups in total. The van der Waals surface area contributed by atoms with E-state index in [0.29, 0.717) is 0 Å². The van der Waals surface area contributed by atoms with Crippen molar-refractivity contribution in [2.75, 3.05) is 27.4 Å². The summed E-state index contributed by atoms with van der Waals surface area (Å²) in [5.41, 5.74) is 2.48. The third kappa shape index (κ3) is 5.21. The zero-order valence-corrected chi connectivity index (χ0v) is 12.7. The van der Waals surface area contributed by atoms with Crippen LogP contribution in [0.3, 0.4) is 0 Å². The van der Waals surface area contributed by atoms with E-state index in [1.807, 2.05) is 23.0 Å². The van der Waals surface area contributed by atoms with Crippen LogP contribution in [0, 0.1) is 0 Å². The SMILES string of the molecule is COCCNCc1cnn(CCc2ccc(OC)cc2)c1. The van der Waals surface area contributed by atoms with Gasteiger partial charge < -0.3 is 14.8 Å². The van der Waals surface area contributed by atoms with Crippen molar-refractivity contribution in [2.24, 2.45) is 0 Å². The molecule has 0 aliphatic carbocycles. The van der Waals surface area contributed by atoms with E-state index in [4.69, 9.17) is 9.47 Å². The number of benzene rings is 1. The van der Waals surface area contributed by atoms with Gasteiger partial charge in [-0.15, -0.1) is 0 Å². The van der Waals surface area contributed by atoms with E-state index in [1.165, 1.54) is 11.1 Å². The van der Waals surface area contributed by atoms with Gasteiger partial charge in [0.25, 0.3) is 0 Å². The fraction of sp³-hybridized carbons (Fsp3) is 0.438. The lowest BCUT2D eigenvalue weighted by Crippen LogP contribution is -2.18. The average Bonchev–Trinajstić information content (AvgIpc) is 2.98. The second-order valence-electron chi connectivity index (χ2n) is 4.88. The maximum Gasteiger partial charge on any atom is 0.118 e. The van der Waals surface area contributed by atoms with E-state index in [9.17, 15) is 0 Å². The number of hydrogen-bond acceptors (Lipinski definition) is 4. The molecule has 0 aliphatic rings. The molecule has 0 bridgehead atoms. The summed E-state index contributed by atoms with van der Waals surface area (Å²) < 4.78 is 12.1. The number of aryl methyl sites for hydroxylation is 2. The number of ether oxygens (including phenoxy) is 2. The van der Waals surface area contributed by atoms with Gasteiger partial charge in [-0.2, -0.15) is 5.10 Å². The van der Waals surface area contributed by atoms with Gasteiger partial charge in [0, 0.05) is 38.5 Å². The van der Waals surface area contributed by atoms with Gasteiger partial charge in [-0.3, -0.25) is 4.68 Å². The van der Waals surface area contributed by atoms with Crippen LogP contribution >= 0.6 is 0 Å². The first kappa shape index (κ1) is 15.5. The van der Waals surface area contributed by atoms with E-state index < -0.39 is 0 Å². The molecule has 1 heterocycles. The Hall–Kier alpha value is -1.85. The maximum absolute atomic E-state index is 5.16. The summed E-state index contributed by atoms with van der Waals surface area (Å²) in [7, 11) is 3.39. The third-order valence-corrected chi connectivity index (χ3v) is 3.29. The molecule has 2 rings (SSSR count). The fourth-order valence-electron chi connectivity index (χ4n) is 2.06. The molecule has 0 saturated carbocycles. The van der Waals surface area contributed by atoms with Crippen molar-refractivity contribution in [3.63, 3.8) is 0 Å². The first-order valence-corrected chi connectivity index (χ1v) is 7.15. The molecular weight excluding hydrogens is 266 g/mol. The van der Waals surface area contributed by atoms with Crippen molar-refractivity contribution in [3.8, 4) is 5.75 Å². The molecule has 5 heteroatoms. The lowest BCUT2D eigenvalue weighted by molar-refractivity contribution is 0.199. The summed E-state index contributed by atoms with van der Waals surface area (Å²) in [4.78, 5) is 0. The Labute approximate surface area is 125 Å². The second-order valence-corrected chi connectivity index (χ2v) is 4.88. The Morgan fingerprint density at radius 1 is 1.14 bits per heavy atom. The van der Waals surface area contributed by atoms with Crippen LogP contribution in [0.15, 0.2) is 36.7 Å². The van der Waals surface area contributed by atoms with Crippen LogP contribution in [-0.2, 0) is 24.2 Å². The Kier molecular flexibility index (Phi) is 6.24. The van der Waals surface area contributed by atoms with E-state index in [1.54, 1.807) is 14.2 Å². The number of methoxy groups -OCH3 is 2. The molecule has 0 atom stereocenters. The van der Waals surface area contributed by atoms with Crippen molar-refractivity contribution in [1.29, 1.82) is 0 Å². The Morgan fingerprint density at radius 3 is 2.67 bits per heavy atom. The highest BCUT2D eigenvalue weighted by molar-refractivity contribution is 5.27. The van der Waals surface area contributed by atoms with Crippen LogP contribution in [0.1, 0.15) is 11.1 Å². The van der Waals surface area contributed by atoms with Gasteiger partial charge in [0.2, 0.25) is 0 Å². The molecule has 0 saturated heterocycles. The Bertz CT molecular complexity index is 523. The normalized spacial score (nSPS) is 10.8. The smallest absolute Gasteiger partial charge is 0.118 e. The molecule has 1 aromatic carbocycles. The van der Waals surface area contributed by atoms with Crippen LogP contribution < -0.4 is 10.1 Å². The van der Waals surface area contributed by atoms with E-state index in [2.05, 4.69) is 28.7 Å². The number of hydrogen-bond donors (Lipinski definition) is 1. The van der Waals surface area contributed by atoms with Gasteiger partial charge in [-0.05, 0) is 24.1 Å². The summed E-state index contributed by atoms with van der Waals surface area (Å²) in [5, 5.41) is 7.69. The molecule has 0 radical (unpaired) electrons. The van der Waals surface area contributed by atoms with E-state index in [0.717, 1.165) is 38.4 Å². The predicted molar refractivity (Wildman–Crippen MR) is 82.5 cm³/mol. The van der Waals surface area contributed by atoms with Crippen LogP contribution in [0.25, 0.3) is 0 Å². The number of rotatable bonds is 9. The quantitative estimate of drug-likeness (QED) is 0.716. The minimum Gasteiger partial charge on any atom is -0.497 e. The van der Waals surface area contributed by atoms with Gasteiger partial charge in [-0.25, -0.2) is 0 Å². The van der Waals surface area contributed by atoms with Crippen LogP contribution in [0.2, 0.25) is 0 Å². The summed E-state index contributed by atoms with van der Waals surface area (Å²) in [6.07, 6.45) is 4.96. The molecule has 0 spiro atoms. The van der Waals surface area contributed by atoms with Crippen LogP contribution in [0.5, 0.6) is 5.75 Å². The first-order valence-electron chi connectivity index (χ1n) is 7.15. The summed E-state index contributed by atoms with van der Waals surface area (Å²) in [6, 6.07) is 8.16. The highest BCUT2D eigenvalue weighted by Crippen LogP contribution is 2.12. The first-order chi connectivity index (χ1) is 10.3. The van der Waals surface area contributed by atoms with Crippen molar-refractivity contribution < 1.29 is 9.47 Å². The number of nitrogens with zero attached hydrogens (tertiary/aromatic N) is 2. The molecule has 21 heavy (non-hydrogen) atoms. The van der Waals surface area contributed by atoms with Crippen molar-refractivity contribution >= 4 is 0 Å². The molecule has 0 unspecified atom stereocenters. The third-order valence-electron chi connectivity index (χ3n) is 3.29. The summed E-state index contributed by atoms with van der Waals surface area (Å²) in [5.74, 6) is 0.891. The summed E-state index contributed by atoms with van der Waals surface area (Å²) in [6.45, 7) is 3.29. The Morgan fingerprint density at radius 2 is 1.95 bits per heavy atom. The molecule has 114 valence electrons. The highest BCUT2D eigenvalue weighted by atomic mass is 16.5. The zero-order valence-electron chi connectivity index (χ0n) is 12.7. The number of nitrogens with one attached hydrogen (secondary N) is 1. The molecule has 2 aromatic rings. The Balaban J connectivity index is 1.76. The number of aromatic nitrogens is 2. The van der Waals surface area contributed by atoms with Crippen LogP contribution in [0.4, 0.5) is 0 Å². The van der Waals surface area contributed by atoms with Gasteiger partial charge in [0.15, 0.2) is 0 Å². The predicted octanol–water partition coefficient (Wildman–Crippen LogP) is 1.87. The maximum atomic E-state index is 5.16. The van der Waals surface area contributed by atoms with E-state index >= 15 is 0 Å². The van der Waals surface area contributed by atoms with Gasteiger partial charge in [-0.1, -0.05) is 12.1 Å². The highest BCUT2D eigenvalue weighted by Gasteiger charge is 2.00. The minimum absolute atomic E-state index is 0.728. The largest absolute Gasteiger partial charge is 0.497 e. The topological polar surface area (TPSA) is 48.3 Å². The van der Waals surface area contributed by atoms with Gasteiger partial charge in [0.1, 0.15) is 5.75 Å². The monoisotopic (exact) mass is 289 g/mol. The standard InChI is InChI=1S/C16H23N3O2/c1-20-10-8-17-11-15-12-18-19(13-15)9-7-14-3-5-16(21-2)6-4-14/h3-6,12-13,17H,7-11H2,1-2H3. The minimum atomic E-state index is 0.728. The molecular formula is C16H23N3O2. The molecule has 5 nitrogen and oxygen atoms in total. The summed E-state index contributed by atoms with van der Waals surface area (Å²) >= 11 is 0. The molecule has 1 aromatic heterocycles. The average molecular weight is 289 g/mol. The molecule has 0 aliphatic heterocycles. The van der Waals surface area contributed by atoms with E-state index in [-0.39, 0.29) is 0 Å². The second kappa shape index (κ2) is 8.44. The zero-order chi connectivity index (χ0) is 14.9. The fourth-order valence-corrected chi connectivity index (χ4v) is 2.06. The van der Waals surface area contributed by atoms with Crippen molar-refractivity contribution in [3.05, 3.63) is 47.8 Å². The molecule has 0 amide bonds. The molecule has 0 fully saturated rings.